The fraction of sp³-hybridized carbons (Fsp3) is 0.250. The van der Waals surface area contributed by atoms with E-state index >= 15 is 0 Å². The first kappa shape index (κ1) is 11.6. The number of hydrogen-bond donors (Lipinski definition) is 0. The van der Waals surface area contributed by atoms with Crippen LogP contribution in [0.3, 0.4) is 0 Å². The Morgan fingerprint density at radius 3 is 2.71 bits per heavy atom. The van der Waals surface area contributed by atoms with Gasteiger partial charge < -0.3 is 0 Å². The van der Waals surface area contributed by atoms with Gasteiger partial charge in [-0.25, -0.2) is 13.8 Å². The molecule has 1 rings (SSSR count). The predicted molar refractivity (Wildman–Crippen MR) is 56.2 cm³/mol. The molecule has 0 saturated carbocycles. The van der Waals surface area contributed by atoms with Crippen molar-refractivity contribution in [3.8, 4) is 6.07 Å². The van der Waals surface area contributed by atoms with Crippen LogP contribution in [0.25, 0.3) is 0 Å². The molecule has 0 aliphatic rings. The number of alkyl halides is 3. The molecule has 1 heterocycles. The summed E-state index contributed by atoms with van der Waals surface area (Å²) >= 11 is 7.22. The molecule has 1 aromatic heterocycles. The Kier molecular flexibility index (Phi) is 4.01. The lowest BCUT2D eigenvalue weighted by molar-refractivity contribution is 0.150. The summed E-state index contributed by atoms with van der Waals surface area (Å²) < 4.78 is 25.2. The number of nitrogens with zero attached hydrogens (tertiary/aromatic N) is 2. The fourth-order valence-corrected chi connectivity index (χ4v) is 1.82. The Morgan fingerprint density at radius 2 is 2.29 bits per heavy atom. The van der Waals surface area contributed by atoms with Gasteiger partial charge >= 0.3 is 0 Å². The van der Waals surface area contributed by atoms with Crippen LogP contribution in [0.4, 0.5) is 8.78 Å². The summed E-state index contributed by atoms with van der Waals surface area (Å²) in [5.41, 5.74) is -0.0256. The molecule has 6 heteroatoms. The molecule has 0 unspecified atom stereocenters. The number of aromatic nitrogens is 1. The van der Waals surface area contributed by atoms with Crippen LogP contribution in [0.5, 0.6) is 0 Å². The molecular formula is C8H4ClF2IN2. The molecule has 0 saturated heterocycles. The van der Waals surface area contributed by atoms with Crippen LogP contribution in [-0.4, -0.2) is 4.98 Å². The maximum Gasteiger partial charge on any atom is 0.265 e. The van der Waals surface area contributed by atoms with E-state index in [9.17, 15) is 8.78 Å². The first-order valence-corrected chi connectivity index (χ1v) is 5.15. The quantitative estimate of drug-likeness (QED) is 0.475. The summed E-state index contributed by atoms with van der Waals surface area (Å²) in [6.45, 7) is 0. The van der Waals surface area contributed by atoms with E-state index in [0.29, 0.717) is 5.69 Å². The highest BCUT2D eigenvalue weighted by Crippen LogP contribution is 2.26. The lowest BCUT2D eigenvalue weighted by Gasteiger charge is -2.06. The highest BCUT2D eigenvalue weighted by Gasteiger charge is 2.17. The molecule has 0 spiro atoms. The highest BCUT2D eigenvalue weighted by atomic mass is 127. The number of halogens is 4. The van der Waals surface area contributed by atoms with Gasteiger partial charge in [0.2, 0.25) is 0 Å². The van der Waals surface area contributed by atoms with Crippen molar-refractivity contribution < 1.29 is 8.78 Å². The molecule has 0 radical (unpaired) electrons. The minimum absolute atomic E-state index is 0.0570. The summed E-state index contributed by atoms with van der Waals surface area (Å²) in [6, 6.07) is 2.87. The van der Waals surface area contributed by atoms with Crippen molar-refractivity contribution >= 4 is 34.2 Å². The molecular weight excluding hydrogens is 324 g/mol. The van der Waals surface area contributed by atoms with Crippen LogP contribution in [0.1, 0.15) is 23.2 Å². The molecule has 74 valence electrons. The van der Waals surface area contributed by atoms with Gasteiger partial charge in [-0.3, -0.25) is 0 Å². The molecule has 0 N–H and O–H groups in total. The van der Waals surface area contributed by atoms with E-state index in [1.54, 1.807) is 28.7 Å². The maximum absolute atomic E-state index is 12.5. The third-order valence-electron chi connectivity index (χ3n) is 1.54. The van der Waals surface area contributed by atoms with Crippen LogP contribution in [0.2, 0.25) is 0 Å². The lowest BCUT2D eigenvalue weighted by atomic mass is 10.1. The van der Waals surface area contributed by atoms with E-state index < -0.39 is 6.43 Å². The topological polar surface area (TPSA) is 36.7 Å². The summed E-state index contributed by atoms with van der Waals surface area (Å²) in [5.74, 6) is 0.0570. The van der Waals surface area contributed by atoms with E-state index in [1.165, 1.54) is 6.07 Å². The average Bonchev–Trinajstić information content (AvgIpc) is 2.16. The van der Waals surface area contributed by atoms with Crippen molar-refractivity contribution in [3.05, 3.63) is 26.6 Å². The van der Waals surface area contributed by atoms with Crippen molar-refractivity contribution in [1.29, 1.82) is 5.26 Å². The molecule has 0 bridgehead atoms. The summed E-state index contributed by atoms with van der Waals surface area (Å²) in [5, 5.41) is 8.65. The molecule has 0 amide bonds. The van der Waals surface area contributed by atoms with Gasteiger partial charge in [0, 0.05) is 5.56 Å². The van der Waals surface area contributed by atoms with Crippen LogP contribution < -0.4 is 0 Å². The van der Waals surface area contributed by atoms with Crippen molar-refractivity contribution in [3.63, 3.8) is 0 Å². The number of pyridine rings is 1. The summed E-state index contributed by atoms with van der Waals surface area (Å²) in [7, 11) is 0. The second-order valence-electron chi connectivity index (χ2n) is 2.41. The first-order chi connectivity index (χ1) is 6.60. The highest BCUT2D eigenvalue weighted by molar-refractivity contribution is 14.1. The van der Waals surface area contributed by atoms with E-state index in [0.717, 1.165) is 0 Å². The van der Waals surface area contributed by atoms with Crippen molar-refractivity contribution in [2.45, 2.75) is 12.3 Å². The second-order valence-corrected chi connectivity index (χ2v) is 3.70. The van der Waals surface area contributed by atoms with Gasteiger partial charge in [-0.15, -0.1) is 11.6 Å². The van der Waals surface area contributed by atoms with Crippen molar-refractivity contribution in [2.75, 3.05) is 0 Å². The smallest absolute Gasteiger partial charge is 0.244 e. The average molecular weight is 328 g/mol. The Morgan fingerprint density at radius 1 is 1.64 bits per heavy atom. The van der Waals surface area contributed by atoms with Gasteiger partial charge in [-0.05, 0) is 28.7 Å². The largest absolute Gasteiger partial charge is 0.265 e. The lowest BCUT2D eigenvalue weighted by Crippen LogP contribution is -2.00. The van der Waals surface area contributed by atoms with Gasteiger partial charge in [0.15, 0.2) is 0 Å². The SMILES string of the molecule is N#Cc1c(C(F)F)cc(CCl)nc1I. The fourth-order valence-electron chi connectivity index (χ4n) is 0.936. The van der Waals surface area contributed by atoms with Gasteiger partial charge in [0.25, 0.3) is 6.43 Å². The molecule has 0 aliphatic carbocycles. The van der Waals surface area contributed by atoms with Crippen LogP contribution >= 0.6 is 34.2 Å². The minimum atomic E-state index is -2.68. The number of nitriles is 1. The molecule has 14 heavy (non-hydrogen) atoms. The minimum Gasteiger partial charge on any atom is -0.244 e. The zero-order valence-electron chi connectivity index (χ0n) is 6.77. The Labute approximate surface area is 98.0 Å². The van der Waals surface area contributed by atoms with Gasteiger partial charge in [-0.1, -0.05) is 0 Å². The van der Waals surface area contributed by atoms with E-state index in [1.807, 2.05) is 0 Å². The summed E-state index contributed by atoms with van der Waals surface area (Å²) in [6.07, 6.45) is -2.68. The third kappa shape index (κ3) is 2.30. The second kappa shape index (κ2) is 4.84. The molecule has 0 fully saturated rings. The van der Waals surface area contributed by atoms with E-state index in [4.69, 9.17) is 16.9 Å². The summed E-state index contributed by atoms with van der Waals surface area (Å²) in [4.78, 5) is 3.90. The normalized spacial score (nSPS) is 10.3. The Balaban J connectivity index is 3.37. The first-order valence-electron chi connectivity index (χ1n) is 3.53. The molecule has 2 nitrogen and oxygen atoms in total. The Hall–Kier alpha value is -0.480. The zero-order chi connectivity index (χ0) is 10.7. The third-order valence-corrected chi connectivity index (χ3v) is 2.60. The number of hydrogen-bond acceptors (Lipinski definition) is 2. The standard InChI is InChI=1S/C8H4ClF2IN2/c9-2-4-1-5(7(10)11)6(3-13)8(12)14-4/h1,7H,2H2. The maximum atomic E-state index is 12.5. The van der Waals surface area contributed by atoms with Crippen molar-refractivity contribution in [2.24, 2.45) is 0 Å². The Bertz CT molecular complexity index is 390. The van der Waals surface area contributed by atoms with E-state index in [2.05, 4.69) is 4.98 Å². The number of rotatable bonds is 2. The monoisotopic (exact) mass is 328 g/mol. The molecule has 1 aromatic rings. The van der Waals surface area contributed by atoms with Crippen molar-refractivity contribution in [1.82, 2.24) is 4.98 Å². The molecule has 0 atom stereocenters. The zero-order valence-corrected chi connectivity index (χ0v) is 9.68. The van der Waals surface area contributed by atoms with Gasteiger partial charge in [0.1, 0.15) is 9.77 Å². The molecule has 0 aliphatic heterocycles. The van der Waals surface area contributed by atoms with E-state index in [-0.39, 0.29) is 20.7 Å². The van der Waals surface area contributed by atoms with Crippen LogP contribution in [0, 0.1) is 15.0 Å². The predicted octanol–water partition coefficient (Wildman–Crippen LogP) is 3.23. The molecule has 0 aromatic carbocycles. The van der Waals surface area contributed by atoms with Crippen LogP contribution in [0.15, 0.2) is 6.07 Å². The van der Waals surface area contributed by atoms with Gasteiger partial charge in [0.05, 0.1) is 17.1 Å². The van der Waals surface area contributed by atoms with Crippen LogP contribution in [-0.2, 0) is 5.88 Å². The van der Waals surface area contributed by atoms with Gasteiger partial charge in [-0.2, -0.15) is 5.26 Å².